The average molecular weight is 862 g/mol. The van der Waals surface area contributed by atoms with Crippen LogP contribution in [0.4, 0.5) is 0 Å². The maximum Gasteiger partial charge on any atom is 0.338 e. The van der Waals surface area contributed by atoms with Gasteiger partial charge in [0.25, 0.3) is 5.56 Å². The molecule has 6 nitrogen and oxygen atoms in total. The normalized spacial score (nSPS) is 14.4. The van der Waals surface area contributed by atoms with Crippen LogP contribution in [0.15, 0.2) is 129 Å². The predicted molar refractivity (Wildman–Crippen MR) is 208 cm³/mol. The first-order valence-corrected chi connectivity index (χ1v) is 18.5. The molecule has 0 radical (unpaired) electrons. The molecule has 0 spiro atoms. The number of hydrogen-bond donors (Lipinski definition) is 0. The molecule has 49 heavy (non-hydrogen) atoms. The quantitative estimate of drug-likeness (QED) is 0.114. The molecule has 2 heterocycles. The van der Waals surface area contributed by atoms with E-state index >= 15 is 0 Å². The van der Waals surface area contributed by atoms with Crippen molar-refractivity contribution in [3.8, 4) is 5.75 Å². The Hall–Kier alpha value is -4.03. The molecule has 10 heteroatoms. The van der Waals surface area contributed by atoms with E-state index in [-0.39, 0.29) is 17.7 Å². The summed E-state index contributed by atoms with van der Waals surface area (Å²) in [6.07, 6.45) is 1.84. The molecule has 0 aliphatic carbocycles. The molecule has 0 fully saturated rings. The van der Waals surface area contributed by atoms with Gasteiger partial charge in [0.1, 0.15) is 12.4 Å². The highest BCUT2D eigenvalue weighted by molar-refractivity contribution is 14.1. The third-order valence-corrected chi connectivity index (χ3v) is 10.6. The molecule has 0 bridgehead atoms. The zero-order chi connectivity index (χ0) is 34.1. The summed E-state index contributed by atoms with van der Waals surface area (Å²) < 4.78 is 15.9. The van der Waals surface area contributed by atoms with Gasteiger partial charge in [-0.1, -0.05) is 124 Å². The van der Waals surface area contributed by atoms with Crippen LogP contribution in [0, 0.1) is 3.57 Å². The molecule has 7 rings (SSSR count). The molecule has 0 unspecified atom stereocenters. The Labute approximate surface area is 313 Å². The summed E-state index contributed by atoms with van der Waals surface area (Å²) >= 11 is 13.4. The molecule has 6 aromatic rings. The summed E-state index contributed by atoms with van der Waals surface area (Å²) in [4.78, 5) is 33.6. The molecule has 244 valence electrons. The molecule has 1 aromatic heterocycles. The second kappa shape index (κ2) is 14.4. The zero-order valence-corrected chi connectivity index (χ0v) is 31.3. The van der Waals surface area contributed by atoms with Crippen LogP contribution in [0.1, 0.15) is 35.2 Å². The topological polar surface area (TPSA) is 69.9 Å². The first-order chi connectivity index (χ1) is 23.8. The van der Waals surface area contributed by atoms with Crippen LogP contribution in [0.3, 0.4) is 0 Å². The highest BCUT2D eigenvalue weighted by Gasteiger charge is 2.35. The van der Waals surface area contributed by atoms with E-state index in [4.69, 9.17) is 26.1 Å². The molecule has 5 aromatic carbocycles. The van der Waals surface area contributed by atoms with E-state index in [0.29, 0.717) is 38.0 Å². The van der Waals surface area contributed by atoms with E-state index in [1.165, 1.54) is 11.3 Å². The van der Waals surface area contributed by atoms with Gasteiger partial charge < -0.3 is 9.47 Å². The lowest BCUT2D eigenvalue weighted by atomic mass is 9.93. The van der Waals surface area contributed by atoms with Gasteiger partial charge in [0.05, 0.1) is 32.0 Å². The number of carbonyl (C=O) groups is 1. The van der Waals surface area contributed by atoms with Gasteiger partial charge in [0, 0.05) is 20.6 Å². The number of fused-ring (bicyclic) bond motifs is 2. The first-order valence-electron chi connectivity index (χ1n) is 15.4. The number of thiazole rings is 1. The highest BCUT2D eigenvalue weighted by Crippen LogP contribution is 2.36. The second-order valence-electron chi connectivity index (χ2n) is 11.2. The maximum atomic E-state index is 14.5. The van der Waals surface area contributed by atoms with Crippen LogP contribution < -0.4 is 19.6 Å². The summed E-state index contributed by atoms with van der Waals surface area (Å²) in [6.45, 7) is 2.28. The first kappa shape index (κ1) is 33.5. The van der Waals surface area contributed by atoms with Crippen molar-refractivity contribution < 1.29 is 14.3 Å². The fraction of sp³-hybridized carbons (Fsp3) is 0.103. The number of ether oxygens (including phenoxy) is 2. The Balaban J connectivity index is 1.40. The molecule has 0 saturated heterocycles. The van der Waals surface area contributed by atoms with Crippen molar-refractivity contribution in [3.05, 3.63) is 170 Å². The molecule has 1 aliphatic heterocycles. The molecular weight excluding hydrogens is 835 g/mol. The van der Waals surface area contributed by atoms with Crippen LogP contribution in [0.5, 0.6) is 5.75 Å². The van der Waals surface area contributed by atoms with Crippen LogP contribution in [0.2, 0.25) is 5.02 Å². The Morgan fingerprint density at radius 1 is 1.00 bits per heavy atom. The molecule has 1 aliphatic rings. The summed E-state index contributed by atoms with van der Waals surface area (Å²) in [7, 11) is 0. The van der Waals surface area contributed by atoms with Gasteiger partial charge in [-0.05, 0) is 81.8 Å². The molecule has 0 saturated carbocycles. The summed E-state index contributed by atoms with van der Waals surface area (Å²) in [6, 6.07) is 34.2. The standard InChI is InChI=1S/C39H27BrClIN2O4S/c1-2-47-38(46)33-34(24-10-4-3-5-11-24)43-39-44(35(33)25-15-17-29(41)18-16-25)37(45)32(49-39)20-27-19-28(40)21-31(42)36(27)48-22-26-13-8-12-23-9-6-7-14-30(23)26/h3-21,35H,2,22H2,1H3/b32-20-/t35-/m1/s1. The lowest BCUT2D eigenvalue weighted by molar-refractivity contribution is -0.138. The number of hydrogen-bond acceptors (Lipinski definition) is 6. The number of nitrogens with zero attached hydrogens (tertiary/aromatic N) is 2. The lowest BCUT2D eigenvalue weighted by Crippen LogP contribution is -2.40. The average Bonchev–Trinajstić information content (AvgIpc) is 3.42. The third-order valence-electron chi connectivity index (χ3n) is 8.14. The van der Waals surface area contributed by atoms with Gasteiger partial charge in [0.15, 0.2) is 4.80 Å². The fourth-order valence-electron chi connectivity index (χ4n) is 5.95. The van der Waals surface area contributed by atoms with Crippen molar-refractivity contribution in [2.45, 2.75) is 19.6 Å². The van der Waals surface area contributed by atoms with Crippen LogP contribution in [-0.4, -0.2) is 17.1 Å². The maximum absolute atomic E-state index is 14.5. The molecular formula is C39H27BrClIN2O4S. The van der Waals surface area contributed by atoms with E-state index in [1.807, 2.05) is 78.9 Å². The predicted octanol–water partition coefficient (Wildman–Crippen LogP) is 8.69. The van der Waals surface area contributed by atoms with E-state index in [0.717, 1.165) is 35.5 Å². The zero-order valence-electron chi connectivity index (χ0n) is 26.0. The smallest absolute Gasteiger partial charge is 0.338 e. The lowest BCUT2D eigenvalue weighted by Gasteiger charge is -2.26. The number of carbonyl (C=O) groups excluding carboxylic acids is 1. The molecule has 0 N–H and O–H groups in total. The Morgan fingerprint density at radius 2 is 1.73 bits per heavy atom. The molecule has 1 atom stereocenters. The van der Waals surface area contributed by atoms with E-state index in [9.17, 15) is 9.59 Å². The number of aromatic nitrogens is 1. The second-order valence-corrected chi connectivity index (χ2v) is 14.7. The van der Waals surface area contributed by atoms with Gasteiger partial charge in [-0.15, -0.1) is 0 Å². The SMILES string of the molecule is CCOC(=O)C1=C(c2ccccc2)N=c2s/c(=C\c3cc(Br)cc(I)c3OCc3cccc4ccccc34)c(=O)n2[C@@H]1c1ccc(Cl)cc1. The number of rotatable bonds is 8. The number of benzene rings is 5. The van der Waals surface area contributed by atoms with Gasteiger partial charge in [0.2, 0.25) is 0 Å². The Kier molecular flexibility index (Phi) is 9.87. The van der Waals surface area contributed by atoms with Gasteiger partial charge >= 0.3 is 5.97 Å². The number of halogens is 3. The monoisotopic (exact) mass is 860 g/mol. The minimum absolute atomic E-state index is 0.172. The fourth-order valence-corrected chi connectivity index (χ4v) is 8.77. The van der Waals surface area contributed by atoms with Crippen molar-refractivity contribution in [1.82, 2.24) is 4.57 Å². The minimum atomic E-state index is -0.797. The number of esters is 1. The van der Waals surface area contributed by atoms with Gasteiger partial charge in [-0.3, -0.25) is 9.36 Å². The minimum Gasteiger partial charge on any atom is -0.487 e. The molecule has 0 amide bonds. The van der Waals surface area contributed by atoms with Crippen molar-refractivity contribution in [1.29, 1.82) is 0 Å². The van der Waals surface area contributed by atoms with Crippen LogP contribution in [0.25, 0.3) is 22.5 Å². The van der Waals surface area contributed by atoms with E-state index in [1.54, 1.807) is 23.6 Å². The highest BCUT2D eigenvalue weighted by atomic mass is 127. The van der Waals surface area contributed by atoms with E-state index < -0.39 is 12.0 Å². The van der Waals surface area contributed by atoms with Crippen LogP contribution >= 0.6 is 61.5 Å². The van der Waals surface area contributed by atoms with Crippen molar-refractivity contribution >= 4 is 90.0 Å². The van der Waals surface area contributed by atoms with Gasteiger partial charge in [-0.25, -0.2) is 9.79 Å². The summed E-state index contributed by atoms with van der Waals surface area (Å²) in [5, 5.41) is 2.81. The van der Waals surface area contributed by atoms with Gasteiger partial charge in [-0.2, -0.15) is 0 Å². The largest absolute Gasteiger partial charge is 0.487 e. The summed E-state index contributed by atoms with van der Waals surface area (Å²) in [5.41, 5.74) is 3.71. The third kappa shape index (κ3) is 6.77. The van der Waals surface area contributed by atoms with Crippen molar-refractivity contribution in [2.75, 3.05) is 6.61 Å². The Morgan fingerprint density at radius 3 is 2.51 bits per heavy atom. The Bertz CT molecular complexity index is 2440. The summed E-state index contributed by atoms with van der Waals surface area (Å²) in [5.74, 6) is 0.124. The van der Waals surface area contributed by atoms with Crippen molar-refractivity contribution in [3.63, 3.8) is 0 Å². The van der Waals surface area contributed by atoms with Crippen LogP contribution in [-0.2, 0) is 16.1 Å². The van der Waals surface area contributed by atoms with E-state index in [2.05, 4.69) is 62.8 Å². The van der Waals surface area contributed by atoms with Crippen molar-refractivity contribution in [2.24, 2.45) is 4.99 Å².